The topological polar surface area (TPSA) is 80.3 Å². The second-order valence-corrected chi connectivity index (χ2v) is 8.81. The molecule has 0 aromatic heterocycles. The highest BCUT2D eigenvalue weighted by molar-refractivity contribution is 7.97. The summed E-state index contributed by atoms with van der Waals surface area (Å²) in [6, 6.07) is 0. The molecule has 2 rings (SSSR count). The summed E-state index contributed by atoms with van der Waals surface area (Å²) in [7, 11) is -8.27. The molecular formula is C10H8F5NO4S2. The van der Waals surface area contributed by atoms with Gasteiger partial charge in [0.2, 0.25) is 15.8 Å². The number of nitrogens with one attached hydrogen (secondary N) is 1. The van der Waals surface area contributed by atoms with E-state index < -0.39 is 71.4 Å². The lowest BCUT2D eigenvalue weighted by atomic mass is 10.2. The van der Waals surface area contributed by atoms with E-state index in [0.717, 1.165) is 0 Å². The Balaban J connectivity index is 2.43. The van der Waals surface area contributed by atoms with E-state index >= 15 is 0 Å². The average Bonchev–Trinajstić information content (AvgIpc) is 2.80. The van der Waals surface area contributed by atoms with Crippen LogP contribution in [0.1, 0.15) is 6.42 Å². The van der Waals surface area contributed by atoms with E-state index in [2.05, 4.69) is 0 Å². The molecule has 1 N–H and O–H groups in total. The van der Waals surface area contributed by atoms with Crippen molar-refractivity contribution in [3.63, 3.8) is 0 Å². The lowest BCUT2D eigenvalue weighted by molar-refractivity contribution is 0.382. The number of benzene rings is 1. The SMILES string of the molecule is O=S1(=O)CCC(S(=O)(=O)Nc2c(F)c(F)c(F)c(F)c2F)C1. The summed E-state index contributed by atoms with van der Waals surface area (Å²) in [5, 5.41) is -1.53. The van der Waals surface area contributed by atoms with E-state index in [1.54, 1.807) is 0 Å². The normalized spacial score (nSPS) is 21.0. The fourth-order valence-corrected chi connectivity index (χ4v) is 6.02. The van der Waals surface area contributed by atoms with Crippen LogP contribution in [0.2, 0.25) is 0 Å². The summed E-state index contributed by atoms with van der Waals surface area (Å²) < 4.78 is 113. The van der Waals surface area contributed by atoms with E-state index in [9.17, 15) is 38.8 Å². The van der Waals surface area contributed by atoms with Crippen molar-refractivity contribution in [1.29, 1.82) is 0 Å². The van der Waals surface area contributed by atoms with Crippen molar-refractivity contribution in [2.75, 3.05) is 16.2 Å². The predicted octanol–water partition coefficient (Wildman–Crippen LogP) is 1.31. The van der Waals surface area contributed by atoms with Crippen molar-refractivity contribution in [3.8, 4) is 0 Å². The van der Waals surface area contributed by atoms with Crippen LogP contribution in [-0.4, -0.2) is 33.6 Å². The van der Waals surface area contributed by atoms with Gasteiger partial charge < -0.3 is 0 Å². The fraction of sp³-hybridized carbons (Fsp3) is 0.400. The van der Waals surface area contributed by atoms with E-state index in [0.29, 0.717) is 0 Å². The standard InChI is InChI=1S/C10H8F5NO4S2/c11-5-6(12)8(14)10(9(15)7(5)13)16-22(19,20)4-1-2-21(17,18)3-4/h4,16H,1-3H2. The third-order valence-corrected chi connectivity index (χ3v) is 6.83. The molecule has 1 saturated heterocycles. The third kappa shape index (κ3) is 2.89. The van der Waals surface area contributed by atoms with Crippen LogP contribution in [0.4, 0.5) is 27.6 Å². The first kappa shape index (κ1) is 16.9. The van der Waals surface area contributed by atoms with Crippen molar-refractivity contribution in [2.24, 2.45) is 0 Å². The molecule has 22 heavy (non-hydrogen) atoms. The number of anilines is 1. The zero-order valence-corrected chi connectivity index (χ0v) is 12.2. The van der Waals surface area contributed by atoms with E-state index in [-0.39, 0.29) is 6.42 Å². The highest BCUT2D eigenvalue weighted by atomic mass is 32.2. The number of halogens is 5. The zero-order chi connectivity index (χ0) is 16.9. The van der Waals surface area contributed by atoms with Gasteiger partial charge >= 0.3 is 0 Å². The molecule has 0 spiro atoms. The summed E-state index contributed by atoms with van der Waals surface area (Å²) in [5.41, 5.74) is -1.74. The van der Waals surface area contributed by atoms with Gasteiger partial charge in [-0.25, -0.2) is 38.8 Å². The van der Waals surface area contributed by atoms with E-state index in [1.807, 2.05) is 0 Å². The Morgan fingerprint density at radius 2 is 1.36 bits per heavy atom. The number of sulfonamides is 1. The van der Waals surface area contributed by atoms with E-state index in [4.69, 9.17) is 0 Å². The van der Waals surface area contributed by atoms with Crippen LogP contribution < -0.4 is 4.72 Å². The van der Waals surface area contributed by atoms with Crippen LogP contribution in [0, 0.1) is 29.1 Å². The summed E-state index contributed by atoms with van der Waals surface area (Å²) >= 11 is 0. The molecule has 1 atom stereocenters. The smallest absolute Gasteiger partial charge is 0.236 e. The maximum Gasteiger partial charge on any atom is 0.236 e. The molecular weight excluding hydrogens is 357 g/mol. The number of rotatable bonds is 3. The Kier molecular flexibility index (Phi) is 4.11. The van der Waals surface area contributed by atoms with Crippen LogP contribution in [0.5, 0.6) is 0 Å². The molecule has 0 bridgehead atoms. The molecule has 0 amide bonds. The summed E-state index contributed by atoms with van der Waals surface area (Å²) in [4.78, 5) is 0. The van der Waals surface area contributed by atoms with Gasteiger partial charge in [0.25, 0.3) is 0 Å². The molecule has 1 aliphatic rings. The average molecular weight is 365 g/mol. The zero-order valence-electron chi connectivity index (χ0n) is 10.5. The minimum Gasteiger partial charge on any atom is -0.277 e. The molecule has 12 heteroatoms. The summed E-state index contributed by atoms with van der Waals surface area (Å²) in [6.07, 6.45) is -0.340. The van der Waals surface area contributed by atoms with Crippen molar-refractivity contribution < 1.29 is 38.8 Å². The maximum absolute atomic E-state index is 13.4. The van der Waals surface area contributed by atoms with Crippen LogP contribution in [-0.2, 0) is 19.9 Å². The number of hydrogen-bond acceptors (Lipinski definition) is 4. The number of sulfone groups is 1. The molecule has 0 radical (unpaired) electrons. The largest absolute Gasteiger partial charge is 0.277 e. The van der Waals surface area contributed by atoms with Crippen LogP contribution in [0.15, 0.2) is 0 Å². The van der Waals surface area contributed by atoms with Gasteiger partial charge in [0.1, 0.15) is 5.69 Å². The Morgan fingerprint density at radius 1 is 0.909 bits per heavy atom. The second kappa shape index (κ2) is 5.33. The first-order valence-electron chi connectivity index (χ1n) is 5.70. The lowest BCUT2D eigenvalue weighted by Crippen LogP contribution is -2.30. The van der Waals surface area contributed by atoms with Crippen LogP contribution >= 0.6 is 0 Å². The predicted molar refractivity (Wildman–Crippen MR) is 65.8 cm³/mol. The van der Waals surface area contributed by atoms with Gasteiger partial charge in [-0.2, -0.15) is 0 Å². The molecule has 0 saturated carbocycles. The Bertz CT molecular complexity index is 808. The van der Waals surface area contributed by atoms with Gasteiger partial charge in [-0.05, 0) is 6.42 Å². The first-order chi connectivity index (χ1) is 9.96. The van der Waals surface area contributed by atoms with Crippen molar-refractivity contribution in [3.05, 3.63) is 29.1 Å². The minimum absolute atomic E-state index is 0.340. The molecule has 1 fully saturated rings. The van der Waals surface area contributed by atoms with E-state index in [1.165, 1.54) is 4.72 Å². The van der Waals surface area contributed by atoms with Gasteiger partial charge in [0.05, 0.1) is 16.8 Å². The molecule has 124 valence electrons. The summed E-state index contributed by atoms with van der Waals surface area (Å²) in [6.45, 7) is 0. The van der Waals surface area contributed by atoms with Crippen molar-refractivity contribution in [2.45, 2.75) is 11.7 Å². The lowest BCUT2D eigenvalue weighted by Gasteiger charge is -2.14. The van der Waals surface area contributed by atoms with Gasteiger partial charge in [-0.1, -0.05) is 0 Å². The Labute approximate surface area is 122 Å². The molecule has 1 aromatic rings. The highest BCUT2D eigenvalue weighted by Gasteiger charge is 2.39. The Hall–Kier alpha value is -1.43. The number of hydrogen-bond donors (Lipinski definition) is 1. The van der Waals surface area contributed by atoms with Gasteiger partial charge in [0, 0.05) is 0 Å². The van der Waals surface area contributed by atoms with Gasteiger partial charge in [-0.15, -0.1) is 0 Å². The van der Waals surface area contributed by atoms with Crippen LogP contribution in [0.3, 0.4) is 0 Å². The molecule has 1 heterocycles. The highest BCUT2D eigenvalue weighted by Crippen LogP contribution is 2.29. The molecule has 1 aromatic carbocycles. The molecule has 0 aliphatic carbocycles. The van der Waals surface area contributed by atoms with Crippen molar-refractivity contribution in [1.82, 2.24) is 0 Å². The summed E-state index contributed by atoms with van der Waals surface area (Å²) in [5.74, 6) is -13.0. The van der Waals surface area contributed by atoms with Crippen LogP contribution in [0.25, 0.3) is 0 Å². The van der Waals surface area contributed by atoms with Gasteiger partial charge in [-0.3, -0.25) is 4.72 Å². The molecule has 5 nitrogen and oxygen atoms in total. The van der Waals surface area contributed by atoms with Gasteiger partial charge in [0.15, 0.2) is 33.1 Å². The molecule has 1 unspecified atom stereocenters. The fourth-order valence-electron chi connectivity index (χ4n) is 1.93. The van der Waals surface area contributed by atoms with Crippen molar-refractivity contribution >= 4 is 25.5 Å². The monoisotopic (exact) mass is 365 g/mol. The maximum atomic E-state index is 13.4. The third-order valence-electron chi connectivity index (χ3n) is 3.08. The quantitative estimate of drug-likeness (QED) is 0.498. The minimum atomic E-state index is -4.64. The first-order valence-corrected chi connectivity index (χ1v) is 9.06. The second-order valence-electron chi connectivity index (χ2n) is 4.62. The Morgan fingerprint density at radius 3 is 1.77 bits per heavy atom. The molecule has 1 aliphatic heterocycles.